The van der Waals surface area contributed by atoms with Crippen molar-refractivity contribution in [2.45, 2.75) is 116 Å². The molecular weight excluding hydrogens is 614 g/mol. The van der Waals surface area contributed by atoms with Gasteiger partial charge in [-0.15, -0.1) is 11.3 Å². The van der Waals surface area contributed by atoms with Gasteiger partial charge in [0.2, 0.25) is 11.8 Å². The average molecular weight is 678 g/mol. The molecule has 7 atom stereocenters. The van der Waals surface area contributed by atoms with Crippen molar-refractivity contribution in [3.8, 4) is 0 Å². The summed E-state index contributed by atoms with van der Waals surface area (Å²) in [7, 11) is 7.11. The summed E-state index contributed by atoms with van der Waals surface area (Å²) >= 11 is 1.60. The lowest BCUT2D eigenvalue weighted by atomic mass is 9.91. The summed E-state index contributed by atoms with van der Waals surface area (Å²) in [6, 6.07) is 0.0945. The van der Waals surface area contributed by atoms with Gasteiger partial charge in [-0.2, -0.15) is 0 Å². The van der Waals surface area contributed by atoms with Gasteiger partial charge in [0.15, 0.2) is 0 Å². The highest BCUT2D eigenvalue weighted by Crippen LogP contribution is 2.29. The Balaban J connectivity index is 0.000000477. The first-order chi connectivity index (χ1) is 22.5. The molecule has 2 aliphatic rings. The highest BCUT2D eigenvalue weighted by atomic mass is 32.1. The molecule has 1 fully saturated rings. The van der Waals surface area contributed by atoms with E-state index in [9.17, 15) is 14.4 Å². The number of carbonyl (C=O) groups excluding carboxylic acids is 3. The number of nitrogens with zero attached hydrogens (tertiary/aromatic N) is 3. The van der Waals surface area contributed by atoms with E-state index in [2.05, 4.69) is 54.3 Å². The molecule has 0 saturated carbocycles. The SMILES string of the molecule is CCC.CCC(C)C(C(CC=O)OC)N(C)C(=O)CN.COC(C(C)C(=O)NC(CC1=CCCC=C1)c1nccs1)C1CCCN1C. The van der Waals surface area contributed by atoms with Gasteiger partial charge in [0.05, 0.1) is 36.8 Å². The molecule has 2 amide bonds. The van der Waals surface area contributed by atoms with E-state index in [1.807, 2.05) is 26.2 Å². The molecule has 11 heteroatoms. The van der Waals surface area contributed by atoms with Crippen LogP contribution in [0.15, 0.2) is 35.4 Å². The third-order valence-corrected chi connectivity index (χ3v) is 9.86. The van der Waals surface area contributed by atoms with Crippen LogP contribution in [0.4, 0.5) is 0 Å². The van der Waals surface area contributed by atoms with E-state index in [1.165, 1.54) is 12.0 Å². The predicted molar refractivity (Wildman–Crippen MR) is 192 cm³/mol. The van der Waals surface area contributed by atoms with Crippen molar-refractivity contribution in [2.24, 2.45) is 17.6 Å². The zero-order valence-corrected chi connectivity index (χ0v) is 31.3. The molecule has 268 valence electrons. The molecule has 0 bridgehead atoms. The highest BCUT2D eigenvalue weighted by Gasteiger charge is 2.37. The fourth-order valence-electron chi connectivity index (χ4n) is 6.18. The van der Waals surface area contributed by atoms with E-state index in [4.69, 9.17) is 15.2 Å². The maximum absolute atomic E-state index is 13.1. The van der Waals surface area contributed by atoms with Crippen LogP contribution < -0.4 is 11.1 Å². The molecule has 1 aliphatic heterocycles. The summed E-state index contributed by atoms with van der Waals surface area (Å²) in [4.78, 5) is 43.8. The number of nitrogens with one attached hydrogen (secondary N) is 1. The van der Waals surface area contributed by atoms with E-state index < -0.39 is 0 Å². The van der Waals surface area contributed by atoms with Crippen molar-refractivity contribution < 1.29 is 23.9 Å². The smallest absolute Gasteiger partial charge is 0.236 e. The minimum atomic E-state index is -0.275. The number of allylic oxidation sites excluding steroid dienone is 3. The molecule has 0 aromatic carbocycles. The minimum absolute atomic E-state index is 0.0268. The van der Waals surface area contributed by atoms with E-state index in [0.717, 1.165) is 56.4 Å². The summed E-state index contributed by atoms with van der Waals surface area (Å²) in [6.07, 6.45) is 16.5. The molecule has 1 aromatic heterocycles. The molecule has 0 radical (unpaired) electrons. The van der Waals surface area contributed by atoms with Crippen LogP contribution in [0.25, 0.3) is 0 Å². The molecule has 10 nitrogen and oxygen atoms in total. The topological polar surface area (TPSA) is 127 Å². The number of hydrogen-bond donors (Lipinski definition) is 2. The van der Waals surface area contributed by atoms with Gasteiger partial charge < -0.3 is 35.1 Å². The Labute approximate surface area is 288 Å². The van der Waals surface area contributed by atoms with Crippen molar-refractivity contribution >= 4 is 29.4 Å². The number of thiazole rings is 1. The second-order valence-electron chi connectivity index (χ2n) is 12.5. The van der Waals surface area contributed by atoms with Gasteiger partial charge in [0.1, 0.15) is 11.3 Å². The van der Waals surface area contributed by atoms with Gasteiger partial charge in [-0.05, 0) is 57.2 Å². The summed E-state index contributed by atoms with van der Waals surface area (Å²) in [6.45, 7) is 11.4. The Kier molecular flexibility index (Phi) is 21.6. The van der Waals surface area contributed by atoms with Crippen LogP contribution in [0.2, 0.25) is 0 Å². The van der Waals surface area contributed by atoms with Gasteiger partial charge in [-0.25, -0.2) is 4.98 Å². The lowest BCUT2D eigenvalue weighted by molar-refractivity contribution is -0.136. The molecule has 1 aromatic rings. The van der Waals surface area contributed by atoms with Crippen LogP contribution in [0.3, 0.4) is 0 Å². The molecule has 7 unspecified atom stereocenters. The van der Waals surface area contributed by atoms with Gasteiger partial charge in [0, 0.05) is 45.3 Å². The third kappa shape index (κ3) is 13.9. The van der Waals surface area contributed by atoms with Crippen molar-refractivity contribution in [3.05, 3.63) is 40.4 Å². The Morgan fingerprint density at radius 3 is 2.38 bits per heavy atom. The fraction of sp³-hybridized carbons (Fsp3) is 0.722. The van der Waals surface area contributed by atoms with Crippen molar-refractivity contribution in [1.29, 1.82) is 0 Å². The predicted octanol–water partition coefficient (Wildman–Crippen LogP) is 5.55. The van der Waals surface area contributed by atoms with Crippen molar-refractivity contribution in [1.82, 2.24) is 20.1 Å². The van der Waals surface area contributed by atoms with E-state index in [0.29, 0.717) is 6.04 Å². The van der Waals surface area contributed by atoms with Crippen LogP contribution in [0.1, 0.15) is 97.0 Å². The summed E-state index contributed by atoms with van der Waals surface area (Å²) in [5.74, 6) is -0.0507. The number of aromatic nitrogens is 1. The molecule has 0 spiro atoms. The van der Waals surface area contributed by atoms with Gasteiger partial charge in [-0.3, -0.25) is 9.59 Å². The summed E-state index contributed by atoms with van der Waals surface area (Å²) in [5, 5.41) is 6.18. The van der Waals surface area contributed by atoms with Gasteiger partial charge in [-0.1, -0.05) is 65.7 Å². The first-order valence-electron chi connectivity index (χ1n) is 17.2. The number of nitrogens with two attached hydrogens (primary N) is 1. The average Bonchev–Trinajstić information content (AvgIpc) is 3.77. The molecular formula is C36H63N5O5S. The quantitative estimate of drug-likeness (QED) is 0.218. The van der Waals surface area contributed by atoms with Gasteiger partial charge >= 0.3 is 0 Å². The van der Waals surface area contributed by atoms with Crippen molar-refractivity contribution in [3.63, 3.8) is 0 Å². The Hall–Kier alpha value is -2.44. The van der Waals surface area contributed by atoms with Gasteiger partial charge in [0.25, 0.3) is 0 Å². The van der Waals surface area contributed by atoms with Crippen molar-refractivity contribution in [2.75, 3.05) is 41.4 Å². The highest BCUT2D eigenvalue weighted by molar-refractivity contribution is 7.09. The Morgan fingerprint density at radius 2 is 1.91 bits per heavy atom. The first-order valence-corrected chi connectivity index (χ1v) is 18.1. The second kappa shape index (κ2) is 23.8. The third-order valence-electron chi connectivity index (χ3n) is 8.97. The largest absolute Gasteiger partial charge is 0.379 e. The second-order valence-corrected chi connectivity index (χ2v) is 13.5. The zero-order chi connectivity index (χ0) is 35.4. The Morgan fingerprint density at radius 1 is 1.21 bits per heavy atom. The molecule has 2 heterocycles. The summed E-state index contributed by atoms with van der Waals surface area (Å²) in [5.41, 5.74) is 6.64. The number of amides is 2. The number of carbonyl (C=O) groups is 3. The van der Waals surface area contributed by atoms with Crippen LogP contribution in [-0.4, -0.2) is 98.6 Å². The van der Waals surface area contributed by atoms with Crippen LogP contribution in [0.5, 0.6) is 0 Å². The molecule has 1 aliphatic carbocycles. The van der Waals surface area contributed by atoms with Crippen LogP contribution >= 0.6 is 11.3 Å². The minimum Gasteiger partial charge on any atom is -0.379 e. The van der Waals surface area contributed by atoms with Crippen LogP contribution in [0, 0.1) is 11.8 Å². The lowest BCUT2D eigenvalue weighted by Gasteiger charge is -2.37. The van der Waals surface area contributed by atoms with E-state index in [1.54, 1.807) is 43.7 Å². The number of likely N-dealkylation sites (N-methyl/N-ethyl adjacent to an activating group) is 2. The number of methoxy groups -OCH3 is 2. The fourth-order valence-corrected chi connectivity index (χ4v) is 6.87. The number of hydrogen-bond acceptors (Lipinski definition) is 9. The number of rotatable bonds is 16. The Bertz CT molecular complexity index is 1080. The van der Waals surface area contributed by atoms with E-state index in [-0.39, 0.29) is 60.9 Å². The molecule has 3 rings (SSSR count). The number of likely N-dealkylation sites (tertiary alicyclic amines) is 1. The molecule has 1 saturated heterocycles. The normalized spacial score (nSPS) is 19.8. The van der Waals surface area contributed by atoms with Crippen LogP contribution in [-0.2, 0) is 23.9 Å². The zero-order valence-electron chi connectivity index (χ0n) is 30.4. The molecule has 47 heavy (non-hydrogen) atoms. The number of aldehydes is 1. The monoisotopic (exact) mass is 677 g/mol. The molecule has 3 N–H and O–H groups in total. The number of ether oxygens (including phenoxy) is 2. The van der Waals surface area contributed by atoms with E-state index >= 15 is 0 Å². The lowest BCUT2D eigenvalue weighted by Crippen LogP contribution is -2.50. The standard InChI is InChI=1S/C21H31N3O2S.C12H24N2O3.C3H8/c1-15(19(26-3)18-10-7-12-24(18)2)20(25)23-17(21-22-11-13-27-21)14-16-8-5-4-6-9-16;1-5-9(2)12(10(17-4)6-7-15)14(3)11(16)8-13;1-3-2/h5,8-9,11,13,15,17-19H,4,6-7,10,12,14H2,1-3H3,(H,23,25);7,9-10,12H,5-6,8,13H2,1-4H3;3H2,1-2H3. The first kappa shape index (κ1) is 42.6. The maximum Gasteiger partial charge on any atom is 0.236 e. The maximum atomic E-state index is 13.1. The summed E-state index contributed by atoms with van der Waals surface area (Å²) < 4.78 is 11.1.